The van der Waals surface area contributed by atoms with E-state index in [-0.39, 0.29) is 5.82 Å². The molecule has 26 heavy (non-hydrogen) atoms. The van der Waals surface area contributed by atoms with E-state index in [1.54, 1.807) is 24.5 Å². The van der Waals surface area contributed by atoms with Gasteiger partial charge in [-0.15, -0.1) is 6.42 Å². The van der Waals surface area contributed by atoms with Gasteiger partial charge in [-0.05, 0) is 48.4 Å². The van der Waals surface area contributed by atoms with Crippen LogP contribution in [0.2, 0.25) is 0 Å². The second-order valence-electron chi connectivity index (χ2n) is 6.14. The molecular formula is C22H16FN3. The van der Waals surface area contributed by atoms with Crippen LogP contribution < -0.4 is 0 Å². The van der Waals surface area contributed by atoms with Crippen molar-refractivity contribution in [1.29, 1.82) is 0 Å². The van der Waals surface area contributed by atoms with E-state index in [2.05, 4.69) is 26.5 Å². The Bertz CT molecular complexity index is 1120. The Balaban J connectivity index is 2.14. The fourth-order valence-electron chi connectivity index (χ4n) is 3.28. The van der Waals surface area contributed by atoms with Crippen LogP contribution in [0.15, 0.2) is 61.1 Å². The van der Waals surface area contributed by atoms with E-state index >= 15 is 0 Å². The molecule has 0 radical (unpaired) electrons. The van der Waals surface area contributed by atoms with Gasteiger partial charge in [-0.1, -0.05) is 18.1 Å². The quantitative estimate of drug-likeness (QED) is 0.499. The van der Waals surface area contributed by atoms with Gasteiger partial charge in [0, 0.05) is 29.7 Å². The molecule has 0 amide bonds. The van der Waals surface area contributed by atoms with Gasteiger partial charge in [0.2, 0.25) is 0 Å². The Morgan fingerprint density at radius 3 is 2.50 bits per heavy atom. The number of halogens is 1. The summed E-state index contributed by atoms with van der Waals surface area (Å²) in [5.41, 5.74) is 6.67. The predicted octanol–water partition coefficient (Wildman–Crippen LogP) is 4.85. The number of hydrogen-bond donors (Lipinski definition) is 0. The molecule has 0 aliphatic heterocycles. The van der Waals surface area contributed by atoms with Crippen LogP contribution in [0, 0.1) is 25.1 Å². The van der Waals surface area contributed by atoms with Crippen molar-refractivity contribution in [1.82, 2.24) is 14.5 Å². The molecule has 0 unspecified atom stereocenters. The minimum Gasteiger partial charge on any atom is -0.327 e. The highest BCUT2D eigenvalue weighted by Gasteiger charge is 2.21. The third kappa shape index (κ3) is 2.64. The maximum atomic E-state index is 13.5. The van der Waals surface area contributed by atoms with Crippen molar-refractivity contribution in [2.45, 2.75) is 13.5 Å². The van der Waals surface area contributed by atoms with Gasteiger partial charge < -0.3 is 4.57 Å². The molecule has 3 nitrogen and oxygen atoms in total. The molecule has 3 heterocycles. The van der Waals surface area contributed by atoms with E-state index in [0.29, 0.717) is 6.54 Å². The summed E-state index contributed by atoms with van der Waals surface area (Å²) in [5.74, 6) is 2.47. The maximum Gasteiger partial charge on any atom is 0.123 e. The van der Waals surface area contributed by atoms with Crippen LogP contribution in [0.1, 0.15) is 5.56 Å². The summed E-state index contributed by atoms with van der Waals surface area (Å²) in [6.07, 6.45) is 11.0. The predicted molar refractivity (Wildman–Crippen MR) is 102 cm³/mol. The number of terminal acetylenes is 1. The second-order valence-corrected chi connectivity index (χ2v) is 6.14. The zero-order chi connectivity index (χ0) is 18.1. The molecule has 0 aliphatic rings. The van der Waals surface area contributed by atoms with Crippen molar-refractivity contribution in [3.63, 3.8) is 0 Å². The van der Waals surface area contributed by atoms with Crippen molar-refractivity contribution in [3.05, 3.63) is 72.4 Å². The highest BCUT2D eigenvalue weighted by molar-refractivity contribution is 6.02. The lowest BCUT2D eigenvalue weighted by Gasteiger charge is -2.10. The van der Waals surface area contributed by atoms with Gasteiger partial charge in [0.25, 0.3) is 0 Å². The summed E-state index contributed by atoms with van der Waals surface area (Å²) in [5, 5.41) is 0. The minimum absolute atomic E-state index is 0.268. The number of aryl methyl sites for hydroxylation is 1. The number of hydrogen-bond acceptors (Lipinski definition) is 2. The molecular weight excluding hydrogens is 325 g/mol. The summed E-state index contributed by atoms with van der Waals surface area (Å²) >= 11 is 0. The molecule has 0 aliphatic carbocycles. The SMILES string of the molecule is C#CCn1c(-c2ccncc2)c(-c2ccc(F)cc2)c2ncc(C)cc21. The number of fused-ring (bicyclic) bond motifs is 1. The maximum absolute atomic E-state index is 13.5. The molecule has 126 valence electrons. The fourth-order valence-corrected chi connectivity index (χ4v) is 3.28. The van der Waals surface area contributed by atoms with E-state index in [4.69, 9.17) is 6.42 Å². The first-order chi connectivity index (χ1) is 12.7. The second kappa shape index (κ2) is 6.45. The van der Waals surface area contributed by atoms with Crippen molar-refractivity contribution >= 4 is 11.0 Å². The first-order valence-corrected chi connectivity index (χ1v) is 8.27. The van der Waals surface area contributed by atoms with Crippen LogP contribution >= 0.6 is 0 Å². The Labute approximate surface area is 151 Å². The molecule has 4 aromatic rings. The zero-order valence-corrected chi connectivity index (χ0v) is 14.3. The highest BCUT2D eigenvalue weighted by atomic mass is 19.1. The van der Waals surface area contributed by atoms with Crippen LogP contribution in [-0.4, -0.2) is 14.5 Å². The Morgan fingerprint density at radius 1 is 1.08 bits per heavy atom. The Kier molecular flexibility index (Phi) is 3.98. The topological polar surface area (TPSA) is 30.7 Å². The van der Waals surface area contributed by atoms with E-state index in [1.807, 2.05) is 25.3 Å². The van der Waals surface area contributed by atoms with Gasteiger partial charge in [0.15, 0.2) is 0 Å². The van der Waals surface area contributed by atoms with Gasteiger partial charge in [0.05, 0.1) is 23.3 Å². The number of aromatic nitrogens is 3. The smallest absolute Gasteiger partial charge is 0.123 e. The van der Waals surface area contributed by atoms with Crippen LogP contribution in [-0.2, 0) is 6.54 Å². The summed E-state index contributed by atoms with van der Waals surface area (Å²) < 4.78 is 15.5. The molecule has 0 bridgehead atoms. The Hall–Kier alpha value is -3.45. The lowest BCUT2D eigenvalue weighted by molar-refractivity contribution is 0.628. The summed E-state index contributed by atoms with van der Waals surface area (Å²) in [4.78, 5) is 8.78. The minimum atomic E-state index is -0.268. The average Bonchev–Trinajstić information content (AvgIpc) is 2.97. The third-order valence-corrected chi connectivity index (χ3v) is 4.37. The molecule has 0 spiro atoms. The lowest BCUT2D eigenvalue weighted by atomic mass is 10.0. The fraction of sp³-hybridized carbons (Fsp3) is 0.0909. The summed E-state index contributed by atoms with van der Waals surface area (Å²) in [6.45, 7) is 2.42. The van der Waals surface area contributed by atoms with Gasteiger partial charge in [-0.2, -0.15) is 0 Å². The third-order valence-electron chi connectivity index (χ3n) is 4.37. The molecule has 3 aromatic heterocycles. The largest absolute Gasteiger partial charge is 0.327 e. The highest BCUT2D eigenvalue weighted by Crippen LogP contribution is 2.40. The normalized spacial score (nSPS) is 10.8. The van der Waals surface area contributed by atoms with Crippen LogP contribution in [0.4, 0.5) is 4.39 Å². The molecule has 1 aromatic carbocycles. The van der Waals surface area contributed by atoms with Gasteiger partial charge in [-0.25, -0.2) is 4.39 Å². The first kappa shape index (κ1) is 16.0. The summed E-state index contributed by atoms with van der Waals surface area (Å²) in [6, 6.07) is 12.4. The number of pyridine rings is 2. The molecule has 0 saturated carbocycles. The van der Waals surface area contributed by atoms with Crippen molar-refractivity contribution < 1.29 is 4.39 Å². The van der Waals surface area contributed by atoms with E-state index in [1.165, 1.54) is 12.1 Å². The van der Waals surface area contributed by atoms with Crippen molar-refractivity contribution in [3.8, 4) is 34.7 Å². The summed E-state index contributed by atoms with van der Waals surface area (Å²) in [7, 11) is 0. The first-order valence-electron chi connectivity index (χ1n) is 8.27. The number of rotatable bonds is 3. The number of nitrogens with zero attached hydrogens (tertiary/aromatic N) is 3. The molecule has 0 N–H and O–H groups in total. The zero-order valence-electron chi connectivity index (χ0n) is 14.3. The molecule has 4 rings (SSSR count). The van der Waals surface area contributed by atoms with Gasteiger partial charge >= 0.3 is 0 Å². The van der Waals surface area contributed by atoms with Crippen LogP contribution in [0.5, 0.6) is 0 Å². The number of benzene rings is 1. The monoisotopic (exact) mass is 341 g/mol. The van der Waals surface area contributed by atoms with Crippen LogP contribution in [0.3, 0.4) is 0 Å². The molecule has 0 fully saturated rings. The Morgan fingerprint density at radius 2 is 1.81 bits per heavy atom. The lowest BCUT2D eigenvalue weighted by Crippen LogP contribution is -1.99. The standard InChI is InChI=1S/C22H16FN3/c1-3-12-26-19-13-15(2)14-25-21(19)20(16-4-6-18(23)7-5-16)22(26)17-8-10-24-11-9-17/h1,4-11,13-14H,12H2,2H3. The van der Waals surface area contributed by atoms with Gasteiger partial charge in [-0.3, -0.25) is 9.97 Å². The molecule has 0 atom stereocenters. The molecule has 0 saturated heterocycles. The van der Waals surface area contributed by atoms with Crippen molar-refractivity contribution in [2.75, 3.05) is 0 Å². The average molecular weight is 341 g/mol. The van der Waals surface area contributed by atoms with Crippen molar-refractivity contribution in [2.24, 2.45) is 0 Å². The van der Waals surface area contributed by atoms with E-state index in [9.17, 15) is 4.39 Å². The van der Waals surface area contributed by atoms with E-state index < -0.39 is 0 Å². The van der Waals surface area contributed by atoms with Gasteiger partial charge in [0.1, 0.15) is 5.82 Å². The van der Waals surface area contributed by atoms with Crippen LogP contribution in [0.25, 0.3) is 33.4 Å². The van der Waals surface area contributed by atoms with E-state index in [0.717, 1.165) is 39.0 Å². The molecule has 4 heteroatoms.